The molecule has 0 spiro atoms. The van der Waals surface area contributed by atoms with E-state index in [0.29, 0.717) is 0 Å². The summed E-state index contributed by atoms with van der Waals surface area (Å²) >= 11 is 1.64. The maximum Gasteiger partial charge on any atom is 0.110 e. The second-order valence-electron chi connectivity index (χ2n) is 6.14. The van der Waals surface area contributed by atoms with E-state index >= 15 is 0 Å². The predicted molar refractivity (Wildman–Crippen MR) is 83.6 cm³/mol. The Labute approximate surface area is 119 Å². The zero-order valence-corrected chi connectivity index (χ0v) is 13.1. The molecule has 1 unspecified atom stereocenters. The van der Waals surface area contributed by atoms with Gasteiger partial charge in [-0.05, 0) is 36.5 Å². The highest BCUT2D eigenvalue weighted by atomic mass is 32.1. The van der Waals surface area contributed by atoms with E-state index in [1.165, 1.54) is 16.7 Å². The van der Waals surface area contributed by atoms with Gasteiger partial charge in [0.2, 0.25) is 0 Å². The minimum atomic E-state index is 0.00450. The molecule has 2 nitrogen and oxygen atoms in total. The monoisotopic (exact) mass is 274 g/mol. The lowest BCUT2D eigenvalue weighted by Crippen LogP contribution is -2.11. The molecule has 0 aliphatic heterocycles. The zero-order valence-electron chi connectivity index (χ0n) is 12.3. The van der Waals surface area contributed by atoms with Gasteiger partial charge in [0.05, 0.1) is 11.7 Å². The predicted octanol–water partition coefficient (Wildman–Crippen LogP) is 4.44. The van der Waals surface area contributed by atoms with Crippen LogP contribution in [0.5, 0.6) is 0 Å². The van der Waals surface area contributed by atoms with E-state index in [9.17, 15) is 0 Å². The van der Waals surface area contributed by atoms with Gasteiger partial charge in [0, 0.05) is 10.9 Å². The first-order chi connectivity index (χ1) is 8.79. The van der Waals surface area contributed by atoms with Crippen molar-refractivity contribution < 1.29 is 0 Å². The molecule has 2 N–H and O–H groups in total. The minimum Gasteiger partial charge on any atom is -0.322 e. The molecule has 2 rings (SSSR count). The average Bonchev–Trinajstić information content (AvgIpc) is 2.77. The van der Waals surface area contributed by atoms with Crippen molar-refractivity contribution in [1.29, 1.82) is 0 Å². The van der Waals surface area contributed by atoms with Gasteiger partial charge in [-0.15, -0.1) is 11.3 Å². The molecular weight excluding hydrogens is 252 g/mol. The van der Waals surface area contributed by atoms with Gasteiger partial charge in [0.15, 0.2) is 0 Å². The fourth-order valence-corrected chi connectivity index (χ4v) is 2.76. The number of nitrogens with zero attached hydrogens (tertiary/aromatic N) is 1. The Balaban J connectivity index is 2.48. The molecule has 0 saturated carbocycles. The van der Waals surface area contributed by atoms with Crippen LogP contribution < -0.4 is 5.73 Å². The molecule has 0 amide bonds. The van der Waals surface area contributed by atoms with Crippen molar-refractivity contribution in [1.82, 2.24) is 4.98 Å². The Morgan fingerprint density at radius 3 is 2.47 bits per heavy atom. The third-order valence-electron chi connectivity index (χ3n) is 3.29. The van der Waals surface area contributed by atoms with Crippen LogP contribution in [0.15, 0.2) is 23.6 Å². The molecule has 19 heavy (non-hydrogen) atoms. The van der Waals surface area contributed by atoms with Crippen molar-refractivity contribution in [3.8, 4) is 11.3 Å². The van der Waals surface area contributed by atoms with Gasteiger partial charge < -0.3 is 5.73 Å². The van der Waals surface area contributed by atoms with Gasteiger partial charge in [-0.25, -0.2) is 4.98 Å². The lowest BCUT2D eigenvalue weighted by molar-refractivity contribution is 0.590. The fraction of sp³-hybridized carbons (Fsp3) is 0.438. The third-order valence-corrected chi connectivity index (χ3v) is 4.34. The Morgan fingerprint density at radius 2 is 1.95 bits per heavy atom. The fourth-order valence-electron chi connectivity index (χ4n) is 1.98. The summed E-state index contributed by atoms with van der Waals surface area (Å²) in [4.78, 5) is 4.66. The summed E-state index contributed by atoms with van der Waals surface area (Å²) in [5.74, 6) is 0. The summed E-state index contributed by atoms with van der Waals surface area (Å²) < 4.78 is 0. The Bertz CT molecular complexity index is 577. The normalized spacial score (nSPS) is 13.6. The number of benzene rings is 1. The van der Waals surface area contributed by atoms with E-state index in [1.807, 2.05) is 6.92 Å². The summed E-state index contributed by atoms with van der Waals surface area (Å²) in [6.45, 7) is 10.8. The zero-order chi connectivity index (χ0) is 14.2. The van der Waals surface area contributed by atoms with Gasteiger partial charge in [-0.1, -0.05) is 32.9 Å². The van der Waals surface area contributed by atoms with E-state index in [4.69, 9.17) is 5.73 Å². The summed E-state index contributed by atoms with van der Waals surface area (Å²) in [6, 6.07) is 6.65. The largest absolute Gasteiger partial charge is 0.322 e. The first-order valence-corrected chi connectivity index (χ1v) is 7.49. The standard InChI is InChI=1S/C16H22N2S/c1-10-6-7-12(16(3,4)5)8-13(10)14-9-19-15(18-14)11(2)17/h6-9,11H,17H2,1-5H3. The number of nitrogens with two attached hydrogens (primary N) is 1. The van der Waals surface area contributed by atoms with Crippen molar-refractivity contribution in [3.05, 3.63) is 39.7 Å². The van der Waals surface area contributed by atoms with Crippen molar-refractivity contribution in [3.63, 3.8) is 0 Å². The minimum absolute atomic E-state index is 0.00450. The van der Waals surface area contributed by atoms with Gasteiger partial charge >= 0.3 is 0 Å². The highest BCUT2D eigenvalue weighted by Crippen LogP contribution is 2.31. The van der Waals surface area contributed by atoms with E-state index in [2.05, 4.69) is 56.3 Å². The third kappa shape index (κ3) is 3.04. The van der Waals surface area contributed by atoms with Gasteiger partial charge in [-0.2, -0.15) is 0 Å². The Morgan fingerprint density at radius 1 is 1.26 bits per heavy atom. The first kappa shape index (κ1) is 14.2. The maximum atomic E-state index is 5.89. The van der Waals surface area contributed by atoms with E-state index in [1.54, 1.807) is 11.3 Å². The molecule has 0 aliphatic carbocycles. The topological polar surface area (TPSA) is 38.9 Å². The number of rotatable bonds is 2. The summed E-state index contributed by atoms with van der Waals surface area (Å²) in [6.07, 6.45) is 0. The van der Waals surface area contributed by atoms with Crippen LogP contribution >= 0.6 is 11.3 Å². The molecule has 1 heterocycles. The van der Waals surface area contributed by atoms with Crippen LogP contribution in [-0.4, -0.2) is 4.98 Å². The van der Waals surface area contributed by atoms with Crippen LogP contribution in [0.2, 0.25) is 0 Å². The molecule has 0 fully saturated rings. The van der Waals surface area contributed by atoms with Crippen molar-refractivity contribution in [2.45, 2.75) is 46.1 Å². The maximum absolute atomic E-state index is 5.89. The van der Waals surface area contributed by atoms with Crippen LogP contribution in [0.3, 0.4) is 0 Å². The molecule has 2 aromatic rings. The van der Waals surface area contributed by atoms with Crippen LogP contribution in [0, 0.1) is 6.92 Å². The summed E-state index contributed by atoms with van der Waals surface area (Å²) in [7, 11) is 0. The summed E-state index contributed by atoms with van der Waals surface area (Å²) in [5, 5.41) is 3.10. The first-order valence-electron chi connectivity index (χ1n) is 6.61. The van der Waals surface area contributed by atoms with E-state index in [-0.39, 0.29) is 11.5 Å². The van der Waals surface area contributed by atoms with Gasteiger partial charge in [-0.3, -0.25) is 0 Å². The van der Waals surface area contributed by atoms with E-state index in [0.717, 1.165) is 10.7 Å². The Hall–Kier alpha value is -1.19. The lowest BCUT2D eigenvalue weighted by atomic mass is 9.85. The quantitative estimate of drug-likeness (QED) is 0.879. The van der Waals surface area contributed by atoms with Crippen LogP contribution in [-0.2, 0) is 5.41 Å². The Kier molecular flexibility index (Phi) is 3.79. The molecule has 1 aromatic heterocycles. The van der Waals surface area contributed by atoms with Gasteiger partial charge in [0.1, 0.15) is 5.01 Å². The molecule has 0 radical (unpaired) electrons. The van der Waals surface area contributed by atoms with Crippen molar-refractivity contribution in [2.24, 2.45) is 5.73 Å². The number of thiazole rings is 1. The van der Waals surface area contributed by atoms with Crippen molar-refractivity contribution in [2.75, 3.05) is 0 Å². The number of aromatic nitrogens is 1. The molecule has 0 aliphatic rings. The van der Waals surface area contributed by atoms with Crippen LogP contribution in [0.25, 0.3) is 11.3 Å². The van der Waals surface area contributed by atoms with Crippen molar-refractivity contribution >= 4 is 11.3 Å². The SMILES string of the molecule is Cc1ccc(C(C)(C)C)cc1-c1csc(C(C)N)n1. The molecule has 1 atom stereocenters. The molecule has 3 heteroatoms. The highest BCUT2D eigenvalue weighted by molar-refractivity contribution is 7.10. The molecule has 102 valence electrons. The van der Waals surface area contributed by atoms with Gasteiger partial charge in [0.25, 0.3) is 0 Å². The van der Waals surface area contributed by atoms with E-state index < -0.39 is 0 Å². The smallest absolute Gasteiger partial charge is 0.110 e. The second kappa shape index (κ2) is 5.06. The average molecular weight is 274 g/mol. The summed E-state index contributed by atoms with van der Waals surface area (Å²) in [5.41, 5.74) is 10.9. The lowest BCUT2D eigenvalue weighted by Gasteiger charge is -2.20. The number of hydrogen-bond acceptors (Lipinski definition) is 3. The van der Waals surface area contributed by atoms with Crippen LogP contribution in [0.1, 0.15) is 49.9 Å². The van der Waals surface area contributed by atoms with Crippen LogP contribution in [0.4, 0.5) is 0 Å². The second-order valence-corrected chi connectivity index (χ2v) is 7.03. The molecular formula is C16H22N2S. The molecule has 1 aromatic carbocycles. The molecule has 0 bridgehead atoms. The number of aryl methyl sites for hydroxylation is 1. The number of hydrogen-bond donors (Lipinski definition) is 1. The highest BCUT2D eigenvalue weighted by Gasteiger charge is 2.16. The molecule has 0 saturated heterocycles.